The van der Waals surface area contributed by atoms with Crippen molar-refractivity contribution < 1.29 is 19.0 Å². The van der Waals surface area contributed by atoms with Crippen LogP contribution in [0.5, 0.6) is 11.5 Å². The van der Waals surface area contributed by atoms with Gasteiger partial charge in [0.2, 0.25) is 5.91 Å². The smallest absolute Gasteiger partial charge is 0.226 e. The summed E-state index contributed by atoms with van der Waals surface area (Å²) in [6.07, 6.45) is 0. The molecule has 3 N–H and O–H groups in total. The van der Waals surface area contributed by atoms with Crippen molar-refractivity contribution in [3.8, 4) is 11.5 Å². The largest absolute Gasteiger partial charge is 0.486 e. The highest BCUT2D eigenvalue weighted by molar-refractivity contribution is 5.81. The van der Waals surface area contributed by atoms with Crippen molar-refractivity contribution in [3.63, 3.8) is 0 Å². The molecule has 2 aromatic rings. The maximum absolute atomic E-state index is 13.5. The molecule has 3 aliphatic heterocycles. The van der Waals surface area contributed by atoms with Gasteiger partial charge in [0.25, 0.3) is 0 Å². The van der Waals surface area contributed by atoms with Crippen LogP contribution in [0, 0.1) is 12.8 Å². The number of hydrogen-bond acceptors (Lipinski definition) is 7. The van der Waals surface area contributed by atoms with E-state index in [1.165, 1.54) is 5.56 Å². The molecule has 0 aliphatic carbocycles. The van der Waals surface area contributed by atoms with Crippen LogP contribution < -0.4 is 25.6 Å². The van der Waals surface area contributed by atoms with E-state index in [4.69, 9.17) is 14.2 Å². The van der Waals surface area contributed by atoms with Gasteiger partial charge in [-0.25, -0.2) is 5.43 Å². The number of carbonyl (C=O) groups excluding carboxylic acids is 1. The first-order valence-corrected chi connectivity index (χ1v) is 11.7. The average Bonchev–Trinajstić information content (AvgIpc) is 3.35. The van der Waals surface area contributed by atoms with Gasteiger partial charge in [-0.1, -0.05) is 35.9 Å². The highest BCUT2D eigenvalue weighted by Crippen LogP contribution is 2.35. The third-order valence-corrected chi connectivity index (χ3v) is 6.58. The lowest BCUT2D eigenvalue weighted by molar-refractivity contribution is -0.126. The molecule has 0 aromatic heterocycles. The van der Waals surface area contributed by atoms with Crippen molar-refractivity contribution in [2.24, 2.45) is 5.92 Å². The molecular formula is C25H32N4O4. The Morgan fingerprint density at radius 3 is 2.61 bits per heavy atom. The van der Waals surface area contributed by atoms with E-state index in [1.807, 2.05) is 18.2 Å². The molecule has 2 saturated heterocycles. The van der Waals surface area contributed by atoms with Crippen LogP contribution in [0.2, 0.25) is 0 Å². The van der Waals surface area contributed by atoms with Crippen molar-refractivity contribution in [2.45, 2.75) is 19.0 Å². The molecule has 3 aliphatic rings. The summed E-state index contributed by atoms with van der Waals surface area (Å²) in [4.78, 5) is 15.9. The van der Waals surface area contributed by atoms with Crippen molar-refractivity contribution in [1.29, 1.82) is 0 Å². The topological polar surface area (TPSA) is 84.1 Å². The van der Waals surface area contributed by atoms with Gasteiger partial charge in [0.15, 0.2) is 11.5 Å². The summed E-state index contributed by atoms with van der Waals surface area (Å²) in [6, 6.07) is 14.1. The predicted molar refractivity (Wildman–Crippen MR) is 124 cm³/mol. The molecular weight excluding hydrogens is 420 g/mol. The van der Waals surface area contributed by atoms with E-state index in [9.17, 15) is 4.79 Å². The molecule has 0 bridgehead atoms. The number of ether oxygens (including phenoxy) is 3. The number of carbonyl (C=O) groups is 1. The van der Waals surface area contributed by atoms with E-state index in [-0.39, 0.29) is 23.9 Å². The van der Waals surface area contributed by atoms with E-state index >= 15 is 0 Å². The summed E-state index contributed by atoms with van der Waals surface area (Å²) in [6.45, 7) is 7.72. The number of fused-ring (bicyclic) bond motifs is 1. The monoisotopic (exact) mass is 452 g/mol. The fourth-order valence-corrected chi connectivity index (χ4v) is 4.66. The minimum Gasteiger partial charge on any atom is -0.486 e. The number of nitrogens with one attached hydrogen (secondary N) is 3. The molecule has 2 aromatic carbocycles. The number of hydrazine groups is 1. The second kappa shape index (κ2) is 10.1. The lowest BCUT2D eigenvalue weighted by Gasteiger charge is -2.32. The predicted octanol–water partition coefficient (Wildman–Crippen LogP) is 1.72. The van der Waals surface area contributed by atoms with Crippen LogP contribution in [-0.2, 0) is 9.53 Å². The van der Waals surface area contributed by atoms with Gasteiger partial charge in [-0.05, 0) is 30.2 Å². The van der Waals surface area contributed by atoms with Gasteiger partial charge in [-0.15, -0.1) is 0 Å². The standard InChI is InChI=1S/C25H32N4O4/c1-17-2-4-18(5-3-17)21(16-29-8-10-31-11-9-29)27-25(30)20-15-26-28-24(20)19-6-7-22-23(14-19)33-13-12-32-22/h2-7,14,20-21,24,26,28H,8-13,15-16H2,1H3,(H,27,30). The van der Waals surface area contributed by atoms with Crippen LogP contribution in [0.4, 0.5) is 0 Å². The lowest BCUT2D eigenvalue weighted by atomic mass is 9.93. The summed E-state index contributed by atoms with van der Waals surface area (Å²) < 4.78 is 16.9. The average molecular weight is 453 g/mol. The zero-order valence-electron chi connectivity index (χ0n) is 19.0. The number of morpholine rings is 1. The number of aryl methyl sites for hydroxylation is 1. The van der Waals surface area contributed by atoms with Crippen molar-refractivity contribution in [2.75, 3.05) is 52.6 Å². The minimum absolute atomic E-state index is 0.0335. The summed E-state index contributed by atoms with van der Waals surface area (Å²) in [7, 11) is 0. The Morgan fingerprint density at radius 2 is 1.82 bits per heavy atom. The quantitative estimate of drug-likeness (QED) is 0.616. The van der Waals surface area contributed by atoms with Gasteiger partial charge in [0.05, 0.1) is 31.2 Å². The van der Waals surface area contributed by atoms with E-state index in [0.717, 1.165) is 55.5 Å². The van der Waals surface area contributed by atoms with Crippen LogP contribution in [0.25, 0.3) is 0 Å². The molecule has 0 spiro atoms. The highest BCUT2D eigenvalue weighted by atomic mass is 16.6. The molecule has 3 atom stereocenters. The van der Waals surface area contributed by atoms with Gasteiger partial charge >= 0.3 is 0 Å². The number of benzene rings is 2. The molecule has 0 saturated carbocycles. The Kier molecular flexibility index (Phi) is 6.78. The van der Waals surface area contributed by atoms with Crippen LogP contribution in [-0.4, -0.2) is 63.4 Å². The first kappa shape index (κ1) is 22.2. The summed E-state index contributed by atoms with van der Waals surface area (Å²) in [5, 5.41) is 3.35. The maximum atomic E-state index is 13.5. The summed E-state index contributed by atoms with van der Waals surface area (Å²) in [5.74, 6) is 1.27. The Labute approximate surface area is 194 Å². The fraction of sp³-hybridized carbons (Fsp3) is 0.480. The Bertz CT molecular complexity index is 961. The van der Waals surface area contributed by atoms with E-state index in [2.05, 4.69) is 52.3 Å². The van der Waals surface area contributed by atoms with E-state index < -0.39 is 0 Å². The number of hydrogen-bond donors (Lipinski definition) is 3. The molecule has 5 rings (SSSR count). The molecule has 1 amide bonds. The Hall–Kier alpha value is -2.65. The zero-order chi connectivity index (χ0) is 22.6. The van der Waals surface area contributed by atoms with Gasteiger partial charge in [0, 0.05) is 26.2 Å². The van der Waals surface area contributed by atoms with Gasteiger partial charge in [-0.2, -0.15) is 0 Å². The fourth-order valence-electron chi connectivity index (χ4n) is 4.66. The third-order valence-electron chi connectivity index (χ3n) is 6.58. The normalized spacial score (nSPS) is 23.8. The zero-order valence-corrected chi connectivity index (χ0v) is 19.0. The molecule has 2 fully saturated rings. The Morgan fingerprint density at radius 1 is 1.06 bits per heavy atom. The van der Waals surface area contributed by atoms with Crippen molar-refractivity contribution in [3.05, 3.63) is 59.2 Å². The maximum Gasteiger partial charge on any atom is 0.226 e. The van der Waals surface area contributed by atoms with Gasteiger partial charge in [-0.3, -0.25) is 15.1 Å². The van der Waals surface area contributed by atoms with Crippen molar-refractivity contribution >= 4 is 5.91 Å². The van der Waals surface area contributed by atoms with Crippen LogP contribution in [0.15, 0.2) is 42.5 Å². The second-order valence-corrected chi connectivity index (χ2v) is 8.90. The summed E-state index contributed by atoms with van der Waals surface area (Å²) in [5.41, 5.74) is 9.78. The molecule has 8 nitrogen and oxygen atoms in total. The number of nitrogens with zero attached hydrogens (tertiary/aromatic N) is 1. The molecule has 176 valence electrons. The van der Waals surface area contributed by atoms with E-state index in [0.29, 0.717) is 19.8 Å². The van der Waals surface area contributed by atoms with E-state index in [1.54, 1.807) is 0 Å². The lowest BCUT2D eigenvalue weighted by Crippen LogP contribution is -2.45. The molecule has 3 unspecified atom stereocenters. The third kappa shape index (κ3) is 5.14. The molecule has 33 heavy (non-hydrogen) atoms. The van der Waals surface area contributed by atoms with Crippen LogP contribution in [0.1, 0.15) is 28.8 Å². The highest BCUT2D eigenvalue weighted by Gasteiger charge is 2.36. The minimum atomic E-state index is -0.245. The van der Waals surface area contributed by atoms with Crippen molar-refractivity contribution in [1.82, 2.24) is 21.1 Å². The Balaban J connectivity index is 1.32. The number of amides is 1. The summed E-state index contributed by atoms with van der Waals surface area (Å²) >= 11 is 0. The SMILES string of the molecule is Cc1ccc(C(CN2CCOCC2)NC(=O)C2CNNC2c2ccc3c(c2)OCCO3)cc1. The second-order valence-electron chi connectivity index (χ2n) is 8.90. The first-order valence-electron chi connectivity index (χ1n) is 11.7. The molecule has 8 heteroatoms. The van der Waals surface area contributed by atoms with Gasteiger partial charge < -0.3 is 19.5 Å². The molecule has 0 radical (unpaired) electrons. The number of rotatable bonds is 6. The van der Waals surface area contributed by atoms with Crippen LogP contribution in [0.3, 0.4) is 0 Å². The first-order chi connectivity index (χ1) is 16.2. The van der Waals surface area contributed by atoms with Crippen LogP contribution >= 0.6 is 0 Å². The van der Waals surface area contributed by atoms with Gasteiger partial charge in [0.1, 0.15) is 13.2 Å². The molecule has 3 heterocycles.